The van der Waals surface area contributed by atoms with Crippen molar-refractivity contribution in [2.24, 2.45) is 0 Å². The smallest absolute Gasteiger partial charge is 0.350 e. The number of carbonyl (C=O) groups excluding carboxylic acids is 3. The molecule has 3 aromatic rings. The van der Waals surface area contributed by atoms with Gasteiger partial charge in [-0.1, -0.05) is 11.3 Å². The van der Waals surface area contributed by atoms with Gasteiger partial charge in [0.2, 0.25) is 0 Å². The van der Waals surface area contributed by atoms with E-state index in [2.05, 4.69) is 4.98 Å². The molecule has 0 saturated carbocycles. The number of amides is 1. The second-order valence-corrected chi connectivity index (χ2v) is 8.63. The van der Waals surface area contributed by atoms with Crippen LogP contribution in [0.2, 0.25) is 0 Å². The molecule has 1 aromatic heterocycles. The molecule has 36 heavy (non-hydrogen) atoms. The fourth-order valence-electron chi connectivity index (χ4n) is 3.80. The predicted molar refractivity (Wildman–Crippen MR) is 129 cm³/mol. The van der Waals surface area contributed by atoms with Gasteiger partial charge in [-0.2, -0.15) is 0 Å². The maximum Gasteiger partial charge on any atom is 0.350 e. The Labute approximate surface area is 208 Å². The van der Waals surface area contributed by atoms with E-state index in [1.807, 2.05) is 0 Å². The molecule has 2 heterocycles. The first-order valence-corrected chi connectivity index (χ1v) is 11.2. The Hall–Kier alpha value is -4.58. The van der Waals surface area contributed by atoms with Crippen LogP contribution in [0.4, 0.5) is 10.8 Å². The third kappa shape index (κ3) is 4.18. The molecular formula is C24H19N3O8S. The van der Waals surface area contributed by atoms with Gasteiger partial charge in [-0.3, -0.25) is 24.6 Å². The minimum Gasteiger partial charge on any atom is -0.507 e. The Morgan fingerprint density at radius 2 is 1.75 bits per heavy atom. The number of aromatic nitrogens is 1. The van der Waals surface area contributed by atoms with Gasteiger partial charge in [0, 0.05) is 17.7 Å². The minimum atomic E-state index is -1.16. The Kier molecular flexibility index (Phi) is 6.53. The SMILES string of the molecule is COC(=O)c1sc(N2C(=O)C(=O)/C(=C(/O)c3ccc(OC)cc3)[C@H]2c2ccc([N+](=O)[O-])cc2)nc1C. The molecule has 12 heteroatoms. The average molecular weight is 509 g/mol. The lowest BCUT2D eigenvalue weighted by Crippen LogP contribution is -2.29. The van der Waals surface area contributed by atoms with Gasteiger partial charge in [0.1, 0.15) is 16.4 Å². The monoisotopic (exact) mass is 509 g/mol. The standard InChI is InChI=1S/C24H19N3O8S/c1-12-21(23(31)35-3)36-24(25-12)26-18(13-4-8-15(9-5-13)27(32)33)17(20(29)22(26)30)19(28)14-6-10-16(34-2)11-7-14/h4-11,18,28H,1-3H3/b19-17+/t18-/m1/s1. The van der Waals surface area contributed by atoms with Crippen molar-refractivity contribution < 1.29 is 33.9 Å². The summed E-state index contributed by atoms with van der Waals surface area (Å²) in [4.78, 5) is 54.6. The van der Waals surface area contributed by atoms with Gasteiger partial charge in [-0.25, -0.2) is 9.78 Å². The van der Waals surface area contributed by atoms with Crippen molar-refractivity contribution >= 4 is 45.6 Å². The van der Waals surface area contributed by atoms with Crippen molar-refractivity contribution in [1.82, 2.24) is 4.98 Å². The number of non-ortho nitro benzene ring substituents is 1. The number of nitro groups is 1. The summed E-state index contributed by atoms with van der Waals surface area (Å²) in [6, 6.07) is 10.3. The molecule has 1 aliphatic rings. The summed E-state index contributed by atoms with van der Waals surface area (Å²) in [5.74, 6) is -2.52. The molecule has 1 atom stereocenters. The van der Waals surface area contributed by atoms with Crippen LogP contribution in [0.5, 0.6) is 5.75 Å². The topological polar surface area (TPSA) is 149 Å². The second-order valence-electron chi connectivity index (χ2n) is 7.65. The summed E-state index contributed by atoms with van der Waals surface area (Å²) >= 11 is 0.854. The van der Waals surface area contributed by atoms with Crippen molar-refractivity contribution in [3.05, 3.63) is 85.9 Å². The van der Waals surface area contributed by atoms with Crippen molar-refractivity contribution in [1.29, 1.82) is 0 Å². The number of thiazole rings is 1. The Morgan fingerprint density at radius 1 is 1.11 bits per heavy atom. The van der Waals surface area contributed by atoms with Gasteiger partial charge in [0.15, 0.2) is 5.13 Å². The number of hydrogen-bond donors (Lipinski definition) is 1. The number of aliphatic hydroxyl groups is 1. The molecule has 0 unspecified atom stereocenters. The number of aliphatic hydroxyl groups excluding tert-OH is 1. The minimum absolute atomic E-state index is 0.0344. The summed E-state index contributed by atoms with van der Waals surface area (Å²) < 4.78 is 9.89. The Bertz CT molecular complexity index is 1410. The first-order valence-electron chi connectivity index (χ1n) is 10.4. The molecule has 1 saturated heterocycles. The number of esters is 1. The molecule has 0 radical (unpaired) electrons. The van der Waals surface area contributed by atoms with E-state index >= 15 is 0 Å². The molecule has 1 fully saturated rings. The summed E-state index contributed by atoms with van der Waals surface area (Å²) in [7, 11) is 2.69. The first kappa shape index (κ1) is 24.5. The molecule has 1 aliphatic heterocycles. The number of ether oxygens (including phenoxy) is 2. The van der Waals surface area contributed by atoms with Crippen LogP contribution < -0.4 is 9.64 Å². The number of aryl methyl sites for hydroxylation is 1. The first-order chi connectivity index (χ1) is 17.2. The van der Waals surface area contributed by atoms with E-state index < -0.39 is 34.4 Å². The average Bonchev–Trinajstić information content (AvgIpc) is 3.39. The number of nitrogens with zero attached hydrogens (tertiary/aromatic N) is 3. The van der Waals surface area contributed by atoms with Crippen LogP contribution in [0.15, 0.2) is 54.1 Å². The van der Waals surface area contributed by atoms with Crippen LogP contribution in [-0.2, 0) is 14.3 Å². The van der Waals surface area contributed by atoms with Crippen molar-refractivity contribution in [2.45, 2.75) is 13.0 Å². The zero-order chi connectivity index (χ0) is 26.1. The van der Waals surface area contributed by atoms with E-state index in [0.29, 0.717) is 17.0 Å². The largest absolute Gasteiger partial charge is 0.507 e. The van der Waals surface area contributed by atoms with E-state index in [4.69, 9.17) is 9.47 Å². The zero-order valence-electron chi connectivity index (χ0n) is 19.3. The quantitative estimate of drug-likeness (QED) is 0.131. The van der Waals surface area contributed by atoms with Gasteiger partial charge in [0.05, 0.1) is 36.5 Å². The highest BCUT2D eigenvalue weighted by Crippen LogP contribution is 2.44. The molecule has 0 aliphatic carbocycles. The highest BCUT2D eigenvalue weighted by molar-refractivity contribution is 7.17. The summed E-state index contributed by atoms with van der Waals surface area (Å²) in [5, 5.41) is 22.3. The number of nitro benzene ring substituents is 1. The lowest BCUT2D eigenvalue weighted by atomic mass is 9.95. The summed E-state index contributed by atoms with van der Waals surface area (Å²) in [5.41, 5.74) is 0.449. The summed E-state index contributed by atoms with van der Waals surface area (Å²) in [6.45, 7) is 1.56. The fraction of sp³-hybridized carbons (Fsp3) is 0.167. The Morgan fingerprint density at radius 3 is 2.31 bits per heavy atom. The van der Waals surface area contributed by atoms with Gasteiger partial charge < -0.3 is 14.6 Å². The number of anilines is 1. The van der Waals surface area contributed by atoms with E-state index in [1.54, 1.807) is 19.1 Å². The number of ketones is 1. The van der Waals surface area contributed by atoms with Gasteiger partial charge in [-0.05, 0) is 48.9 Å². The van der Waals surface area contributed by atoms with E-state index in [9.17, 15) is 29.6 Å². The highest BCUT2D eigenvalue weighted by atomic mass is 32.1. The van der Waals surface area contributed by atoms with Crippen LogP contribution in [0, 0.1) is 17.0 Å². The third-order valence-electron chi connectivity index (χ3n) is 5.59. The van der Waals surface area contributed by atoms with Gasteiger partial charge in [0.25, 0.3) is 11.5 Å². The van der Waals surface area contributed by atoms with E-state index in [-0.39, 0.29) is 26.8 Å². The molecule has 1 amide bonds. The highest BCUT2D eigenvalue weighted by Gasteiger charge is 2.48. The van der Waals surface area contributed by atoms with E-state index in [0.717, 1.165) is 16.2 Å². The van der Waals surface area contributed by atoms with E-state index in [1.165, 1.54) is 50.6 Å². The summed E-state index contributed by atoms with van der Waals surface area (Å²) in [6.07, 6.45) is 0. The van der Waals surface area contributed by atoms with Gasteiger partial charge in [-0.15, -0.1) is 0 Å². The third-order valence-corrected chi connectivity index (χ3v) is 6.73. The number of hydrogen-bond acceptors (Lipinski definition) is 10. The molecule has 0 bridgehead atoms. The maximum atomic E-state index is 13.2. The molecule has 2 aromatic carbocycles. The molecule has 11 nitrogen and oxygen atoms in total. The van der Waals surface area contributed by atoms with Crippen molar-refractivity contribution in [3.63, 3.8) is 0 Å². The maximum absolute atomic E-state index is 13.2. The molecule has 1 N–H and O–H groups in total. The number of benzene rings is 2. The van der Waals surface area contributed by atoms with Crippen LogP contribution in [0.3, 0.4) is 0 Å². The lowest BCUT2D eigenvalue weighted by molar-refractivity contribution is -0.384. The number of methoxy groups -OCH3 is 2. The predicted octanol–water partition coefficient (Wildman–Crippen LogP) is 3.78. The zero-order valence-corrected chi connectivity index (χ0v) is 20.1. The number of Topliss-reactive ketones (excluding diaryl/α,β-unsaturated/α-hetero) is 1. The molecular weight excluding hydrogens is 490 g/mol. The van der Waals surface area contributed by atoms with Gasteiger partial charge >= 0.3 is 11.9 Å². The molecule has 4 rings (SSSR count). The second kappa shape index (κ2) is 9.58. The van der Waals surface area contributed by atoms with Crippen LogP contribution in [0.1, 0.15) is 32.5 Å². The lowest BCUT2D eigenvalue weighted by Gasteiger charge is -2.23. The normalized spacial score (nSPS) is 16.8. The number of carbonyl (C=O) groups is 3. The molecule has 0 spiro atoms. The molecule has 184 valence electrons. The van der Waals surface area contributed by atoms with Crippen LogP contribution in [-0.4, -0.2) is 46.9 Å². The van der Waals surface area contributed by atoms with Crippen LogP contribution >= 0.6 is 11.3 Å². The Balaban J connectivity index is 1.92. The number of rotatable bonds is 6. The van der Waals surface area contributed by atoms with Crippen molar-refractivity contribution in [2.75, 3.05) is 19.1 Å². The van der Waals surface area contributed by atoms with Crippen LogP contribution in [0.25, 0.3) is 5.76 Å². The fourth-order valence-corrected chi connectivity index (χ4v) is 4.81. The van der Waals surface area contributed by atoms with Crippen molar-refractivity contribution in [3.8, 4) is 5.75 Å².